The molecule has 2 aromatic carbocycles. The molecule has 2 aromatic rings. The highest BCUT2D eigenvalue weighted by atomic mass is 16.2. The molecule has 7 heteroatoms. The number of piperidine rings is 2. The summed E-state index contributed by atoms with van der Waals surface area (Å²) in [5, 5.41) is 9.35. The Bertz CT molecular complexity index is 1270. The van der Waals surface area contributed by atoms with Crippen molar-refractivity contribution < 1.29 is 4.79 Å². The van der Waals surface area contributed by atoms with Gasteiger partial charge >= 0.3 is 6.03 Å². The van der Waals surface area contributed by atoms with Gasteiger partial charge in [-0.2, -0.15) is 10.2 Å². The number of allylic oxidation sites excluding steroid dienone is 2. The first kappa shape index (κ1) is 35.3. The Morgan fingerprint density at radius 3 is 1.33 bits per heavy atom. The van der Waals surface area contributed by atoms with Crippen molar-refractivity contribution in [3.8, 4) is 0 Å². The molecule has 4 rings (SSSR count). The van der Waals surface area contributed by atoms with Crippen LogP contribution in [0.5, 0.6) is 0 Å². The maximum atomic E-state index is 13.2. The number of amides is 2. The summed E-state index contributed by atoms with van der Waals surface area (Å²) in [4.78, 5) is 18.2. The third kappa shape index (κ3) is 11.4. The highest BCUT2D eigenvalue weighted by Crippen LogP contribution is 2.25. The van der Waals surface area contributed by atoms with E-state index in [9.17, 15) is 4.79 Å². The van der Waals surface area contributed by atoms with Gasteiger partial charge in [0.2, 0.25) is 0 Å². The minimum atomic E-state index is -0.454. The lowest BCUT2D eigenvalue weighted by molar-refractivity contribution is 0.186. The fourth-order valence-electron chi connectivity index (χ4n) is 6.30. The Morgan fingerprint density at radius 2 is 0.978 bits per heavy atom. The fourth-order valence-corrected chi connectivity index (χ4v) is 6.30. The molecule has 2 heterocycles. The second kappa shape index (κ2) is 16.8. The maximum absolute atomic E-state index is 13.2. The van der Waals surface area contributed by atoms with Gasteiger partial charge in [0.05, 0.1) is 11.4 Å². The summed E-state index contributed by atoms with van der Waals surface area (Å²) in [6, 6.07) is 16.4. The van der Waals surface area contributed by atoms with E-state index in [-0.39, 0.29) is 10.8 Å². The van der Waals surface area contributed by atoms with Gasteiger partial charge in [-0.15, -0.1) is 0 Å². The Kier molecular flexibility index (Phi) is 12.9. The number of carbonyl (C=O) groups is 1. The number of hydrogen-bond acceptors (Lipinski definition) is 5. The lowest BCUT2D eigenvalue weighted by Gasteiger charge is -2.35. The molecule has 0 atom stereocenters. The molecule has 0 bridgehead atoms. The van der Waals surface area contributed by atoms with Crippen molar-refractivity contribution in [3.05, 3.63) is 82.9 Å². The molecule has 2 fully saturated rings. The van der Waals surface area contributed by atoms with Gasteiger partial charge in [0.25, 0.3) is 0 Å². The van der Waals surface area contributed by atoms with E-state index in [0.29, 0.717) is 0 Å². The summed E-state index contributed by atoms with van der Waals surface area (Å²) in [5.74, 6) is 0. The predicted molar refractivity (Wildman–Crippen MR) is 195 cm³/mol. The van der Waals surface area contributed by atoms with E-state index in [4.69, 9.17) is 0 Å². The van der Waals surface area contributed by atoms with Crippen LogP contribution in [-0.4, -0.2) is 66.5 Å². The van der Waals surface area contributed by atoms with Crippen molar-refractivity contribution >= 4 is 29.6 Å². The highest BCUT2D eigenvalue weighted by Gasteiger charge is 2.29. The Hall–Kier alpha value is -3.55. The Morgan fingerprint density at radius 1 is 0.630 bits per heavy atom. The van der Waals surface area contributed by atoms with Gasteiger partial charge in [0.1, 0.15) is 0 Å². The number of urea groups is 1. The number of nitrogens with zero attached hydrogens (tertiary/aromatic N) is 4. The first-order valence-corrected chi connectivity index (χ1v) is 17.2. The lowest BCUT2D eigenvalue weighted by Crippen LogP contribution is -2.43. The fraction of sp³-hybridized carbons (Fsp3) is 0.513. The normalized spacial score (nSPS) is 18.0. The topological polar surface area (TPSA) is 72.3 Å². The third-order valence-electron chi connectivity index (χ3n) is 9.10. The van der Waals surface area contributed by atoms with Gasteiger partial charge in [-0.05, 0) is 89.0 Å². The summed E-state index contributed by atoms with van der Waals surface area (Å²) in [7, 11) is 0. The number of hydrogen-bond donors (Lipinski definition) is 2. The van der Waals surface area contributed by atoms with Crippen LogP contribution in [0.4, 0.5) is 4.79 Å². The smallest absolute Gasteiger partial charge is 0.302 e. The van der Waals surface area contributed by atoms with Crippen LogP contribution in [0.3, 0.4) is 0 Å². The van der Waals surface area contributed by atoms with Gasteiger partial charge < -0.3 is 9.80 Å². The number of hydrazone groups is 2. The van der Waals surface area contributed by atoms with Crippen LogP contribution in [0.15, 0.2) is 70.9 Å². The van der Waals surface area contributed by atoms with E-state index < -0.39 is 6.03 Å². The van der Waals surface area contributed by atoms with E-state index in [2.05, 4.69) is 133 Å². The molecule has 0 aromatic heterocycles. The molecule has 0 saturated carbocycles. The number of rotatable bonds is 12. The first-order valence-electron chi connectivity index (χ1n) is 17.2. The zero-order chi connectivity index (χ0) is 33.0. The summed E-state index contributed by atoms with van der Waals surface area (Å²) in [5.41, 5.74) is 11.3. The van der Waals surface area contributed by atoms with Gasteiger partial charge in [0, 0.05) is 23.9 Å². The summed E-state index contributed by atoms with van der Waals surface area (Å²) >= 11 is 0. The van der Waals surface area contributed by atoms with Crippen molar-refractivity contribution in [3.63, 3.8) is 0 Å². The monoisotopic (exact) mass is 624 g/mol. The zero-order valence-corrected chi connectivity index (χ0v) is 29.1. The van der Waals surface area contributed by atoms with Crippen LogP contribution < -0.4 is 10.9 Å². The predicted octanol–water partition coefficient (Wildman–Crippen LogP) is 8.07. The van der Waals surface area contributed by atoms with Crippen LogP contribution in [0, 0.1) is 24.7 Å². The van der Waals surface area contributed by atoms with E-state index in [0.717, 1.165) is 61.8 Å². The van der Waals surface area contributed by atoms with Crippen molar-refractivity contribution in [2.24, 2.45) is 21.0 Å². The molecule has 0 unspecified atom stereocenters. The van der Waals surface area contributed by atoms with Crippen LogP contribution in [0.25, 0.3) is 12.2 Å². The van der Waals surface area contributed by atoms with Gasteiger partial charge in [-0.25, -0.2) is 15.6 Å². The van der Waals surface area contributed by atoms with Crippen LogP contribution in [-0.2, 0) is 0 Å². The molecule has 46 heavy (non-hydrogen) atoms. The summed E-state index contributed by atoms with van der Waals surface area (Å²) in [6.07, 6.45) is 15.7. The Balaban J connectivity index is 1.53. The molecule has 2 N–H and O–H groups in total. The zero-order valence-electron chi connectivity index (χ0n) is 29.1. The molecule has 0 aliphatic carbocycles. The second-order valence-corrected chi connectivity index (χ2v) is 14.5. The molecule has 2 saturated heterocycles. The molecule has 2 aliphatic rings. The number of benzene rings is 2. The molecule has 248 valence electrons. The van der Waals surface area contributed by atoms with Crippen molar-refractivity contribution in [1.82, 2.24) is 20.7 Å². The lowest BCUT2D eigenvalue weighted by atomic mass is 9.85. The average molecular weight is 625 g/mol. The number of carbonyl (C=O) groups excluding carboxylic acids is 1. The minimum absolute atomic E-state index is 0.270. The van der Waals surface area contributed by atoms with E-state index in [1.807, 2.05) is 12.2 Å². The van der Waals surface area contributed by atoms with Crippen molar-refractivity contribution in [2.75, 3.05) is 39.3 Å². The molecule has 0 radical (unpaired) electrons. The minimum Gasteiger partial charge on any atom is -0.302 e. The quantitative estimate of drug-likeness (QED) is 0.185. The van der Waals surface area contributed by atoms with E-state index in [1.165, 1.54) is 49.7 Å². The standard InChI is InChI=1S/C39H56N6O/c1-31-13-17-33(18-14-31)21-23-35(38(3,4)29-44-25-9-7-10-26-44)40-42-37(46)43-41-36(24-22-34-19-15-32(2)16-20-34)39(5,6)30-45-27-11-8-12-28-45/h13-24H,7-12,25-30H2,1-6H3,(H2,42,43,46)/b23-21+,24-22+,40-35+,41-36+. The van der Waals surface area contributed by atoms with Gasteiger partial charge in [-0.3, -0.25) is 0 Å². The summed E-state index contributed by atoms with van der Waals surface area (Å²) in [6.45, 7) is 19.2. The number of aryl methyl sites for hydroxylation is 2. The average Bonchev–Trinajstić information content (AvgIpc) is 3.03. The molecule has 2 amide bonds. The second-order valence-electron chi connectivity index (χ2n) is 14.5. The highest BCUT2D eigenvalue weighted by molar-refractivity contribution is 6.03. The molecular formula is C39H56N6O. The third-order valence-corrected chi connectivity index (χ3v) is 9.10. The van der Waals surface area contributed by atoms with Crippen LogP contribution in [0.2, 0.25) is 0 Å². The van der Waals surface area contributed by atoms with Crippen molar-refractivity contribution in [1.29, 1.82) is 0 Å². The molecule has 0 spiro atoms. The largest absolute Gasteiger partial charge is 0.355 e. The van der Waals surface area contributed by atoms with Crippen LogP contribution in [0.1, 0.15) is 88.5 Å². The number of likely N-dealkylation sites (tertiary alicyclic amines) is 2. The molecule has 2 aliphatic heterocycles. The van der Waals surface area contributed by atoms with Crippen molar-refractivity contribution in [2.45, 2.75) is 80.1 Å². The molecule has 7 nitrogen and oxygen atoms in total. The summed E-state index contributed by atoms with van der Waals surface area (Å²) < 4.78 is 0. The van der Waals surface area contributed by atoms with E-state index in [1.54, 1.807) is 0 Å². The first-order chi connectivity index (χ1) is 22.0. The number of nitrogens with one attached hydrogen (secondary N) is 2. The SMILES string of the molecule is Cc1ccc(/C=C/C(=N\NC(=O)N/N=C(\C=C\c2ccc(C)cc2)C(C)(C)CN2CCCCC2)C(C)(C)CN2CCCCC2)cc1. The van der Waals surface area contributed by atoms with Crippen LogP contribution >= 0.6 is 0 Å². The van der Waals surface area contributed by atoms with E-state index >= 15 is 0 Å². The maximum Gasteiger partial charge on any atom is 0.355 e. The molecular weight excluding hydrogens is 568 g/mol. The van der Waals surface area contributed by atoms with Gasteiger partial charge in [-0.1, -0.05) is 112 Å². The van der Waals surface area contributed by atoms with Gasteiger partial charge in [0.15, 0.2) is 0 Å². The Labute approximate surface area is 277 Å².